The second-order valence-electron chi connectivity index (χ2n) is 6.33. The number of methoxy groups -OCH3 is 1. The number of benzene rings is 1. The Labute approximate surface area is 154 Å². The van der Waals surface area contributed by atoms with Crippen LogP contribution in [0, 0.1) is 5.82 Å². The fraction of sp³-hybridized carbons (Fsp3) is 0.526. The van der Waals surface area contributed by atoms with Crippen LogP contribution in [0.15, 0.2) is 29.4 Å². The molecule has 144 valence electrons. The van der Waals surface area contributed by atoms with Crippen molar-refractivity contribution in [2.45, 2.75) is 12.8 Å². The van der Waals surface area contributed by atoms with E-state index in [0.717, 1.165) is 68.1 Å². The van der Waals surface area contributed by atoms with Gasteiger partial charge in [-0.05, 0) is 50.2 Å². The van der Waals surface area contributed by atoms with Crippen LogP contribution in [-0.4, -0.2) is 69.8 Å². The molecule has 0 saturated heterocycles. The molecule has 2 aromatic rings. The zero-order valence-electron chi connectivity index (χ0n) is 15.9. The van der Waals surface area contributed by atoms with Crippen molar-refractivity contribution >= 4 is 16.9 Å². The summed E-state index contributed by atoms with van der Waals surface area (Å²) < 4.78 is 18.5. The van der Waals surface area contributed by atoms with Crippen molar-refractivity contribution in [3.05, 3.63) is 35.8 Å². The Morgan fingerprint density at radius 3 is 2.85 bits per heavy atom. The molecule has 7 heteroatoms. The number of rotatable bonds is 10. The van der Waals surface area contributed by atoms with E-state index in [9.17, 15) is 4.39 Å². The summed E-state index contributed by atoms with van der Waals surface area (Å²) in [6.07, 6.45) is 3.77. The molecule has 0 radical (unpaired) electrons. The van der Waals surface area contributed by atoms with Crippen LogP contribution in [0.3, 0.4) is 0 Å². The van der Waals surface area contributed by atoms with Crippen LogP contribution < -0.4 is 10.6 Å². The van der Waals surface area contributed by atoms with Gasteiger partial charge in [0.25, 0.3) is 0 Å². The Balaban J connectivity index is 1.69. The molecule has 0 bridgehead atoms. The highest BCUT2D eigenvalue weighted by atomic mass is 19.1. The highest BCUT2D eigenvalue weighted by molar-refractivity contribution is 5.83. The SMILES string of the molecule is CN=C(NCCCN(C)CCOC)NCCc1c[nH]c2ccc(F)cc12. The molecule has 0 aliphatic heterocycles. The number of guanidine groups is 1. The molecular weight excluding hydrogens is 333 g/mol. The fourth-order valence-electron chi connectivity index (χ4n) is 2.81. The second kappa shape index (κ2) is 10.8. The highest BCUT2D eigenvalue weighted by Crippen LogP contribution is 2.19. The molecule has 0 unspecified atom stereocenters. The van der Waals surface area contributed by atoms with E-state index in [4.69, 9.17) is 4.74 Å². The molecule has 1 aromatic carbocycles. The molecule has 0 aliphatic carbocycles. The summed E-state index contributed by atoms with van der Waals surface area (Å²) in [5.74, 6) is 0.579. The van der Waals surface area contributed by atoms with E-state index in [1.165, 1.54) is 6.07 Å². The van der Waals surface area contributed by atoms with Crippen LogP contribution in [0.25, 0.3) is 10.9 Å². The lowest BCUT2D eigenvalue weighted by Crippen LogP contribution is -2.39. The molecule has 3 N–H and O–H groups in total. The topological polar surface area (TPSA) is 64.7 Å². The van der Waals surface area contributed by atoms with Gasteiger partial charge in [0.2, 0.25) is 0 Å². The van der Waals surface area contributed by atoms with E-state index in [0.29, 0.717) is 0 Å². The minimum Gasteiger partial charge on any atom is -0.383 e. The number of fused-ring (bicyclic) bond motifs is 1. The van der Waals surface area contributed by atoms with Gasteiger partial charge in [-0.15, -0.1) is 0 Å². The Bertz CT molecular complexity index is 700. The summed E-state index contributed by atoms with van der Waals surface area (Å²) in [4.78, 5) is 9.67. The first kappa shape index (κ1) is 20.2. The molecule has 2 rings (SSSR count). The average Bonchev–Trinajstić information content (AvgIpc) is 3.04. The standard InChI is InChI=1S/C19H30FN5O/c1-21-19(22-8-4-10-25(2)11-12-26-3)23-9-7-15-14-24-18-6-5-16(20)13-17(15)18/h5-6,13-14,24H,4,7-12H2,1-3H3,(H2,21,22,23). The lowest BCUT2D eigenvalue weighted by atomic mass is 10.1. The Hall–Kier alpha value is -2.12. The van der Waals surface area contributed by atoms with E-state index in [2.05, 4.69) is 32.6 Å². The summed E-state index contributed by atoms with van der Waals surface area (Å²) in [6.45, 7) is 4.29. The zero-order chi connectivity index (χ0) is 18.8. The number of aromatic nitrogens is 1. The van der Waals surface area contributed by atoms with E-state index in [1.807, 2.05) is 6.20 Å². The zero-order valence-corrected chi connectivity index (χ0v) is 15.9. The molecular formula is C19H30FN5O. The summed E-state index contributed by atoms with van der Waals surface area (Å²) in [7, 11) is 5.58. The number of ether oxygens (including phenoxy) is 1. The average molecular weight is 363 g/mol. The van der Waals surface area contributed by atoms with Gasteiger partial charge < -0.3 is 25.3 Å². The Kier molecular flexibility index (Phi) is 8.37. The maximum atomic E-state index is 13.4. The van der Waals surface area contributed by atoms with E-state index < -0.39 is 0 Å². The molecule has 26 heavy (non-hydrogen) atoms. The van der Waals surface area contributed by atoms with Crippen LogP contribution in [-0.2, 0) is 11.2 Å². The predicted octanol–water partition coefficient (Wildman–Crippen LogP) is 1.98. The molecule has 0 saturated carbocycles. The number of nitrogens with zero attached hydrogens (tertiary/aromatic N) is 2. The predicted molar refractivity (Wildman–Crippen MR) is 105 cm³/mol. The van der Waals surface area contributed by atoms with Crippen molar-refractivity contribution in [3.63, 3.8) is 0 Å². The van der Waals surface area contributed by atoms with Gasteiger partial charge in [-0.2, -0.15) is 0 Å². The molecule has 0 fully saturated rings. The van der Waals surface area contributed by atoms with E-state index in [-0.39, 0.29) is 5.82 Å². The van der Waals surface area contributed by atoms with Crippen LogP contribution in [0.5, 0.6) is 0 Å². The third-order valence-electron chi connectivity index (χ3n) is 4.33. The number of hydrogen-bond donors (Lipinski definition) is 3. The number of halogens is 1. The van der Waals surface area contributed by atoms with Crippen molar-refractivity contribution in [2.24, 2.45) is 4.99 Å². The molecule has 0 atom stereocenters. The molecule has 0 amide bonds. The summed E-state index contributed by atoms with van der Waals surface area (Å²) in [5, 5.41) is 7.57. The third-order valence-corrected chi connectivity index (χ3v) is 4.33. The first-order valence-corrected chi connectivity index (χ1v) is 9.01. The highest BCUT2D eigenvalue weighted by Gasteiger charge is 2.05. The van der Waals surface area contributed by atoms with Crippen LogP contribution in [0.1, 0.15) is 12.0 Å². The first-order valence-electron chi connectivity index (χ1n) is 9.01. The lowest BCUT2D eigenvalue weighted by molar-refractivity contribution is 0.161. The summed E-state index contributed by atoms with van der Waals surface area (Å²) >= 11 is 0. The quantitative estimate of drug-likeness (QED) is 0.343. The number of nitrogens with one attached hydrogen (secondary N) is 3. The fourth-order valence-corrected chi connectivity index (χ4v) is 2.81. The normalized spacial score (nSPS) is 12.1. The minimum atomic E-state index is -0.209. The number of aromatic amines is 1. The maximum Gasteiger partial charge on any atom is 0.190 e. The largest absolute Gasteiger partial charge is 0.383 e. The number of H-pyrrole nitrogens is 1. The van der Waals surface area contributed by atoms with Gasteiger partial charge in [-0.3, -0.25) is 4.99 Å². The van der Waals surface area contributed by atoms with Crippen LogP contribution in [0.2, 0.25) is 0 Å². The molecule has 0 aliphatic rings. The van der Waals surface area contributed by atoms with Crippen molar-refractivity contribution in [3.8, 4) is 0 Å². The molecule has 1 heterocycles. The Morgan fingerprint density at radius 1 is 1.27 bits per heavy atom. The van der Waals surface area contributed by atoms with E-state index >= 15 is 0 Å². The summed E-state index contributed by atoms with van der Waals surface area (Å²) in [5.41, 5.74) is 2.06. The number of hydrogen-bond acceptors (Lipinski definition) is 3. The van der Waals surface area contributed by atoms with Gasteiger partial charge in [0, 0.05) is 50.9 Å². The van der Waals surface area contributed by atoms with E-state index in [1.54, 1.807) is 26.3 Å². The van der Waals surface area contributed by atoms with Gasteiger partial charge in [0.05, 0.1) is 6.61 Å². The van der Waals surface area contributed by atoms with Crippen molar-refractivity contribution in [2.75, 3.05) is 54.0 Å². The van der Waals surface area contributed by atoms with Crippen molar-refractivity contribution < 1.29 is 9.13 Å². The third kappa shape index (κ3) is 6.31. The maximum absolute atomic E-state index is 13.4. The van der Waals surface area contributed by atoms with Gasteiger partial charge in [0.1, 0.15) is 5.82 Å². The monoisotopic (exact) mass is 363 g/mol. The van der Waals surface area contributed by atoms with Gasteiger partial charge in [-0.25, -0.2) is 4.39 Å². The second-order valence-corrected chi connectivity index (χ2v) is 6.33. The van der Waals surface area contributed by atoms with Gasteiger partial charge in [0.15, 0.2) is 5.96 Å². The van der Waals surface area contributed by atoms with Gasteiger partial charge in [-0.1, -0.05) is 0 Å². The summed E-state index contributed by atoms with van der Waals surface area (Å²) in [6, 6.07) is 4.82. The molecule has 6 nitrogen and oxygen atoms in total. The minimum absolute atomic E-state index is 0.209. The number of likely N-dealkylation sites (N-methyl/N-ethyl adjacent to an activating group) is 1. The first-order chi connectivity index (χ1) is 12.6. The lowest BCUT2D eigenvalue weighted by Gasteiger charge is -2.17. The van der Waals surface area contributed by atoms with Crippen LogP contribution >= 0.6 is 0 Å². The van der Waals surface area contributed by atoms with Crippen molar-refractivity contribution in [1.82, 2.24) is 20.5 Å². The van der Waals surface area contributed by atoms with Gasteiger partial charge >= 0.3 is 0 Å². The Morgan fingerprint density at radius 2 is 2.08 bits per heavy atom. The number of aliphatic imine (C=N–C) groups is 1. The van der Waals surface area contributed by atoms with Crippen LogP contribution in [0.4, 0.5) is 4.39 Å². The molecule has 1 aromatic heterocycles. The van der Waals surface area contributed by atoms with Crippen molar-refractivity contribution in [1.29, 1.82) is 0 Å². The molecule has 0 spiro atoms. The smallest absolute Gasteiger partial charge is 0.190 e.